The number of guanidine groups is 1. The Morgan fingerprint density at radius 3 is 2.77 bits per heavy atom. The molecule has 0 aromatic heterocycles. The summed E-state index contributed by atoms with van der Waals surface area (Å²) in [5.74, 6) is 1.33. The van der Waals surface area contributed by atoms with Crippen molar-refractivity contribution in [3.8, 4) is 0 Å². The lowest BCUT2D eigenvalue weighted by Gasteiger charge is -2.32. The molecule has 1 aliphatic rings. The van der Waals surface area contributed by atoms with Crippen molar-refractivity contribution in [2.24, 2.45) is 10.9 Å². The summed E-state index contributed by atoms with van der Waals surface area (Å²) in [5.41, 5.74) is 2.56. The first-order chi connectivity index (χ1) is 12.7. The minimum absolute atomic E-state index is 0.168. The van der Waals surface area contributed by atoms with Gasteiger partial charge in [0.2, 0.25) is 0 Å². The van der Waals surface area contributed by atoms with E-state index >= 15 is 0 Å². The molecule has 0 aliphatic carbocycles. The van der Waals surface area contributed by atoms with Gasteiger partial charge in [0.05, 0.1) is 6.10 Å². The van der Waals surface area contributed by atoms with Crippen LogP contribution in [-0.4, -0.2) is 45.9 Å². The number of rotatable bonds is 9. The fourth-order valence-corrected chi connectivity index (χ4v) is 3.31. The van der Waals surface area contributed by atoms with Gasteiger partial charge in [0, 0.05) is 45.9 Å². The van der Waals surface area contributed by atoms with E-state index in [0.717, 1.165) is 58.1 Å². The number of nitrogens with zero attached hydrogens (tertiary/aromatic N) is 1. The van der Waals surface area contributed by atoms with Gasteiger partial charge in [-0.25, -0.2) is 0 Å². The van der Waals surface area contributed by atoms with Crippen LogP contribution in [0.2, 0.25) is 0 Å². The number of benzene rings is 1. The van der Waals surface area contributed by atoms with Crippen molar-refractivity contribution in [1.29, 1.82) is 0 Å². The standard InChI is InChI=1S/C21H35N3O2/c1-4-25-14-6-5-13-23-21(22-3)24-16-19-8-7-15-26-20(19)18-11-9-17(2)10-12-18/h9-12,19-20H,4-8,13-16H2,1-3H3,(H2,22,23,24). The highest BCUT2D eigenvalue weighted by molar-refractivity contribution is 5.79. The lowest BCUT2D eigenvalue weighted by molar-refractivity contribution is -0.0265. The van der Waals surface area contributed by atoms with E-state index in [0.29, 0.717) is 5.92 Å². The quantitative estimate of drug-likeness (QED) is 0.402. The van der Waals surface area contributed by atoms with Crippen LogP contribution in [0.15, 0.2) is 29.3 Å². The second kappa shape index (κ2) is 11.9. The SMILES string of the molecule is CCOCCCCNC(=NC)NCC1CCCOC1c1ccc(C)cc1. The van der Waals surface area contributed by atoms with Gasteiger partial charge in [-0.05, 0) is 45.1 Å². The second-order valence-electron chi connectivity index (χ2n) is 6.89. The van der Waals surface area contributed by atoms with Crippen LogP contribution in [0.3, 0.4) is 0 Å². The summed E-state index contributed by atoms with van der Waals surface area (Å²) in [6.07, 6.45) is 4.62. The third-order valence-electron chi connectivity index (χ3n) is 4.82. The second-order valence-corrected chi connectivity index (χ2v) is 6.89. The molecule has 1 aromatic rings. The molecular weight excluding hydrogens is 326 g/mol. The molecule has 2 N–H and O–H groups in total. The predicted molar refractivity (Wildman–Crippen MR) is 108 cm³/mol. The molecule has 0 amide bonds. The highest BCUT2D eigenvalue weighted by Crippen LogP contribution is 2.33. The Morgan fingerprint density at radius 1 is 1.23 bits per heavy atom. The van der Waals surface area contributed by atoms with Crippen molar-refractivity contribution < 1.29 is 9.47 Å². The average Bonchev–Trinajstić information content (AvgIpc) is 2.68. The highest BCUT2D eigenvalue weighted by Gasteiger charge is 2.27. The van der Waals surface area contributed by atoms with Gasteiger partial charge in [0.25, 0.3) is 0 Å². The Morgan fingerprint density at radius 2 is 2.04 bits per heavy atom. The molecule has 1 saturated heterocycles. The number of unbranched alkanes of at least 4 members (excludes halogenated alkanes) is 1. The van der Waals surface area contributed by atoms with E-state index in [1.54, 1.807) is 0 Å². The molecule has 26 heavy (non-hydrogen) atoms. The zero-order valence-corrected chi connectivity index (χ0v) is 16.6. The zero-order valence-electron chi connectivity index (χ0n) is 16.6. The summed E-state index contributed by atoms with van der Waals surface area (Å²) in [5, 5.41) is 6.87. The molecule has 146 valence electrons. The van der Waals surface area contributed by atoms with Crippen LogP contribution in [0.25, 0.3) is 0 Å². The minimum Gasteiger partial charge on any atom is -0.382 e. The van der Waals surface area contributed by atoms with E-state index in [4.69, 9.17) is 9.47 Å². The van der Waals surface area contributed by atoms with Crippen LogP contribution in [-0.2, 0) is 9.47 Å². The Balaban J connectivity index is 1.78. The summed E-state index contributed by atoms with van der Waals surface area (Å²) < 4.78 is 11.5. The molecule has 2 unspecified atom stereocenters. The maximum absolute atomic E-state index is 6.10. The molecule has 1 fully saturated rings. The third kappa shape index (κ3) is 6.96. The van der Waals surface area contributed by atoms with Crippen molar-refractivity contribution in [2.45, 2.75) is 45.6 Å². The van der Waals surface area contributed by atoms with Gasteiger partial charge in [-0.3, -0.25) is 4.99 Å². The Labute approximate surface area is 158 Å². The van der Waals surface area contributed by atoms with Crippen LogP contribution in [0.1, 0.15) is 49.8 Å². The van der Waals surface area contributed by atoms with Gasteiger partial charge in [-0.1, -0.05) is 29.8 Å². The lowest BCUT2D eigenvalue weighted by Crippen LogP contribution is -2.42. The average molecular weight is 362 g/mol. The molecule has 0 radical (unpaired) electrons. The van der Waals surface area contributed by atoms with Crippen molar-refractivity contribution in [1.82, 2.24) is 10.6 Å². The molecule has 0 spiro atoms. The Bertz CT molecular complexity index is 531. The van der Waals surface area contributed by atoms with Crippen LogP contribution in [0.5, 0.6) is 0 Å². The van der Waals surface area contributed by atoms with Gasteiger partial charge >= 0.3 is 0 Å². The van der Waals surface area contributed by atoms with E-state index in [1.165, 1.54) is 17.5 Å². The first-order valence-corrected chi connectivity index (χ1v) is 9.95. The fourth-order valence-electron chi connectivity index (χ4n) is 3.31. The number of ether oxygens (including phenoxy) is 2. The molecule has 5 heteroatoms. The minimum atomic E-state index is 0.168. The smallest absolute Gasteiger partial charge is 0.190 e. The van der Waals surface area contributed by atoms with Crippen molar-refractivity contribution in [3.63, 3.8) is 0 Å². The first-order valence-electron chi connectivity index (χ1n) is 9.95. The summed E-state index contributed by atoms with van der Waals surface area (Å²) >= 11 is 0. The van der Waals surface area contributed by atoms with Crippen LogP contribution in [0.4, 0.5) is 0 Å². The van der Waals surface area contributed by atoms with Crippen LogP contribution >= 0.6 is 0 Å². The molecule has 0 bridgehead atoms. The van der Waals surface area contributed by atoms with Crippen LogP contribution in [0, 0.1) is 12.8 Å². The zero-order chi connectivity index (χ0) is 18.6. The van der Waals surface area contributed by atoms with Crippen molar-refractivity contribution in [3.05, 3.63) is 35.4 Å². The molecule has 2 atom stereocenters. The van der Waals surface area contributed by atoms with Crippen LogP contribution < -0.4 is 10.6 Å². The largest absolute Gasteiger partial charge is 0.382 e. The van der Waals surface area contributed by atoms with Crippen molar-refractivity contribution in [2.75, 3.05) is 40.0 Å². The van der Waals surface area contributed by atoms with Gasteiger partial charge in [0.1, 0.15) is 0 Å². The summed E-state index contributed by atoms with van der Waals surface area (Å²) in [4.78, 5) is 4.34. The van der Waals surface area contributed by atoms with E-state index < -0.39 is 0 Å². The molecule has 1 heterocycles. The summed E-state index contributed by atoms with van der Waals surface area (Å²) in [6.45, 7) is 8.41. The number of aliphatic imine (C=N–C) groups is 1. The maximum Gasteiger partial charge on any atom is 0.190 e. The molecule has 5 nitrogen and oxygen atoms in total. The summed E-state index contributed by atoms with van der Waals surface area (Å²) in [7, 11) is 1.82. The Hall–Kier alpha value is -1.59. The lowest BCUT2D eigenvalue weighted by atomic mass is 9.89. The van der Waals surface area contributed by atoms with E-state index in [1.807, 2.05) is 14.0 Å². The number of hydrogen-bond donors (Lipinski definition) is 2. The normalized spacial score (nSPS) is 20.8. The molecule has 2 rings (SSSR count). The number of aryl methyl sites for hydroxylation is 1. The number of hydrogen-bond acceptors (Lipinski definition) is 3. The fraction of sp³-hybridized carbons (Fsp3) is 0.667. The molecule has 0 saturated carbocycles. The monoisotopic (exact) mass is 361 g/mol. The first kappa shape index (κ1) is 20.7. The highest BCUT2D eigenvalue weighted by atomic mass is 16.5. The molecule has 1 aromatic carbocycles. The van der Waals surface area contributed by atoms with Crippen molar-refractivity contribution >= 4 is 5.96 Å². The topological polar surface area (TPSA) is 54.9 Å². The molecule has 1 aliphatic heterocycles. The van der Waals surface area contributed by atoms with E-state index in [2.05, 4.69) is 46.8 Å². The molecular formula is C21H35N3O2. The number of nitrogens with one attached hydrogen (secondary N) is 2. The van der Waals surface area contributed by atoms with Gasteiger partial charge in [0.15, 0.2) is 5.96 Å². The van der Waals surface area contributed by atoms with Gasteiger partial charge in [-0.2, -0.15) is 0 Å². The van der Waals surface area contributed by atoms with Gasteiger partial charge < -0.3 is 20.1 Å². The van der Waals surface area contributed by atoms with E-state index in [9.17, 15) is 0 Å². The maximum atomic E-state index is 6.10. The summed E-state index contributed by atoms with van der Waals surface area (Å²) in [6, 6.07) is 8.73. The Kier molecular flexibility index (Phi) is 9.50. The van der Waals surface area contributed by atoms with Gasteiger partial charge in [-0.15, -0.1) is 0 Å². The van der Waals surface area contributed by atoms with E-state index in [-0.39, 0.29) is 6.10 Å². The predicted octanol–water partition coefficient (Wildman–Crippen LogP) is 3.44. The third-order valence-corrected chi connectivity index (χ3v) is 4.82.